The summed E-state index contributed by atoms with van der Waals surface area (Å²) in [5.74, 6) is 0.795. The van der Waals surface area contributed by atoms with Crippen LogP contribution >= 0.6 is 0 Å². The minimum absolute atomic E-state index is 0.0432. The largest absolute Gasteiger partial charge is 0.338 e. The van der Waals surface area contributed by atoms with Crippen LogP contribution in [0.2, 0.25) is 0 Å². The number of para-hydroxylation sites is 1. The molecule has 0 aliphatic carbocycles. The molecular formula is C14H16N4. The van der Waals surface area contributed by atoms with E-state index >= 15 is 0 Å². The van der Waals surface area contributed by atoms with Gasteiger partial charge in [-0.05, 0) is 12.5 Å². The van der Waals surface area contributed by atoms with Gasteiger partial charge >= 0.3 is 0 Å². The van der Waals surface area contributed by atoms with Crippen molar-refractivity contribution in [3.63, 3.8) is 0 Å². The first-order valence-electron chi connectivity index (χ1n) is 6.23. The Balaban J connectivity index is 2.27. The zero-order chi connectivity index (χ0) is 12.8. The summed E-state index contributed by atoms with van der Waals surface area (Å²) in [4.78, 5) is 7.93. The number of hydrogen-bond donors (Lipinski definition) is 1. The molecule has 0 unspecified atom stereocenters. The minimum atomic E-state index is -0.0432. The van der Waals surface area contributed by atoms with Gasteiger partial charge in [-0.3, -0.25) is 0 Å². The highest BCUT2D eigenvalue weighted by atomic mass is 15.2. The van der Waals surface area contributed by atoms with Crippen LogP contribution in [0.3, 0.4) is 0 Å². The fourth-order valence-electron chi connectivity index (χ4n) is 1.97. The molecule has 0 saturated carbocycles. The summed E-state index contributed by atoms with van der Waals surface area (Å²) in [6.45, 7) is 6.41. The Labute approximate surface area is 105 Å². The molecule has 92 valence electrons. The van der Waals surface area contributed by atoms with E-state index in [0.29, 0.717) is 0 Å². The van der Waals surface area contributed by atoms with Crippen LogP contribution < -0.4 is 0 Å². The minimum Gasteiger partial charge on any atom is -0.338 e. The van der Waals surface area contributed by atoms with Gasteiger partial charge in [-0.2, -0.15) is 0 Å². The monoisotopic (exact) mass is 240 g/mol. The number of rotatable bonds is 2. The summed E-state index contributed by atoms with van der Waals surface area (Å²) in [5, 5.41) is 9.71. The number of fused-ring (bicyclic) bond motifs is 3. The first-order chi connectivity index (χ1) is 8.62. The molecule has 4 heteroatoms. The molecule has 0 radical (unpaired) electrons. The van der Waals surface area contributed by atoms with Crippen LogP contribution in [0.15, 0.2) is 24.3 Å². The van der Waals surface area contributed by atoms with Crippen molar-refractivity contribution in [2.75, 3.05) is 0 Å². The number of H-pyrrole nitrogens is 1. The lowest BCUT2D eigenvalue weighted by Gasteiger charge is -2.19. The zero-order valence-corrected chi connectivity index (χ0v) is 10.9. The maximum atomic E-state index is 4.63. The predicted molar refractivity (Wildman–Crippen MR) is 72.5 cm³/mol. The summed E-state index contributed by atoms with van der Waals surface area (Å²) in [5.41, 5.74) is 2.68. The summed E-state index contributed by atoms with van der Waals surface area (Å²) < 4.78 is 0. The highest BCUT2D eigenvalue weighted by Crippen LogP contribution is 2.26. The van der Waals surface area contributed by atoms with Gasteiger partial charge in [0, 0.05) is 16.3 Å². The second kappa shape index (κ2) is 3.77. The van der Waals surface area contributed by atoms with E-state index in [-0.39, 0.29) is 5.41 Å². The molecule has 18 heavy (non-hydrogen) atoms. The molecule has 0 amide bonds. The van der Waals surface area contributed by atoms with Crippen molar-refractivity contribution in [1.82, 2.24) is 20.2 Å². The second-order valence-electron chi connectivity index (χ2n) is 5.24. The Morgan fingerprint density at radius 2 is 1.94 bits per heavy atom. The molecule has 4 nitrogen and oxygen atoms in total. The number of hydrogen-bond acceptors (Lipinski definition) is 3. The third-order valence-corrected chi connectivity index (χ3v) is 3.61. The Kier molecular flexibility index (Phi) is 2.33. The molecule has 0 aliphatic rings. The number of benzene rings is 1. The smallest absolute Gasteiger partial charge is 0.161 e. The molecule has 0 bridgehead atoms. The Morgan fingerprint density at radius 3 is 2.72 bits per heavy atom. The molecule has 1 aromatic carbocycles. The zero-order valence-electron chi connectivity index (χ0n) is 10.9. The third kappa shape index (κ3) is 1.56. The standard InChI is InChI=1S/C14H16N4/c1-4-14(2,3)13-16-12-11(17-18-13)9-7-5-6-8-10(9)15-12/h5-8H,4H2,1-3H3,(H,15,16,18). The Hall–Kier alpha value is -1.97. The van der Waals surface area contributed by atoms with Crippen LogP contribution in [0, 0.1) is 0 Å². The number of nitrogens with one attached hydrogen (secondary N) is 1. The quantitative estimate of drug-likeness (QED) is 0.748. The highest BCUT2D eigenvalue weighted by Gasteiger charge is 2.23. The van der Waals surface area contributed by atoms with Crippen molar-refractivity contribution in [1.29, 1.82) is 0 Å². The van der Waals surface area contributed by atoms with Crippen LogP contribution in [-0.2, 0) is 5.41 Å². The van der Waals surface area contributed by atoms with E-state index in [4.69, 9.17) is 0 Å². The van der Waals surface area contributed by atoms with Gasteiger partial charge in [0.15, 0.2) is 11.5 Å². The number of aromatic amines is 1. The van der Waals surface area contributed by atoms with Crippen LogP contribution in [0.4, 0.5) is 0 Å². The summed E-state index contributed by atoms with van der Waals surface area (Å²) >= 11 is 0. The first-order valence-corrected chi connectivity index (χ1v) is 6.23. The SMILES string of the molecule is CCC(C)(C)c1nnc2c(n1)[nH]c1ccccc12. The second-order valence-corrected chi connectivity index (χ2v) is 5.24. The average molecular weight is 240 g/mol. The van der Waals surface area contributed by atoms with Gasteiger partial charge in [0.05, 0.1) is 0 Å². The lowest BCUT2D eigenvalue weighted by atomic mass is 9.89. The summed E-state index contributed by atoms with van der Waals surface area (Å²) in [6, 6.07) is 8.07. The lowest BCUT2D eigenvalue weighted by Crippen LogP contribution is -2.20. The van der Waals surface area contributed by atoms with E-state index in [1.54, 1.807) is 0 Å². The fourth-order valence-corrected chi connectivity index (χ4v) is 1.97. The van der Waals surface area contributed by atoms with Gasteiger partial charge in [-0.15, -0.1) is 10.2 Å². The van der Waals surface area contributed by atoms with E-state index in [2.05, 4.69) is 40.9 Å². The topological polar surface area (TPSA) is 54.5 Å². The van der Waals surface area contributed by atoms with E-state index in [9.17, 15) is 0 Å². The van der Waals surface area contributed by atoms with Crippen LogP contribution in [-0.4, -0.2) is 20.2 Å². The maximum Gasteiger partial charge on any atom is 0.161 e. The molecule has 2 heterocycles. The highest BCUT2D eigenvalue weighted by molar-refractivity contribution is 6.02. The lowest BCUT2D eigenvalue weighted by molar-refractivity contribution is 0.468. The summed E-state index contributed by atoms with van der Waals surface area (Å²) in [7, 11) is 0. The Bertz CT molecular complexity index is 712. The van der Waals surface area contributed by atoms with Gasteiger partial charge in [0.1, 0.15) is 5.52 Å². The van der Waals surface area contributed by atoms with Crippen molar-refractivity contribution in [2.45, 2.75) is 32.6 Å². The third-order valence-electron chi connectivity index (χ3n) is 3.61. The number of aromatic nitrogens is 4. The molecule has 0 fully saturated rings. The van der Waals surface area contributed by atoms with Gasteiger partial charge in [0.25, 0.3) is 0 Å². The normalized spacial score (nSPS) is 12.4. The predicted octanol–water partition coefficient (Wildman–Crippen LogP) is 3.19. The van der Waals surface area contributed by atoms with Crippen molar-refractivity contribution in [3.8, 4) is 0 Å². The van der Waals surface area contributed by atoms with E-state index in [1.165, 1.54) is 0 Å². The molecule has 3 aromatic rings. The average Bonchev–Trinajstić information content (AvgIpc) is 2.76. The van der Waals surface area contributed by atoms with Crippen LogP contribution in [0.5, 0.6) is 0 Å². The molecule has 0 aliphatic heterocycles. The van der Waals surface area contributed by atoms with Gasteiger partial charge in [0.2, 0.25) is 0 Å². The van der Waals surface area contributed by atoms with Gasteiger partial charge < -0.3 is 4.98 Å². The molecular weight excluding hydrogens is 224 g/mol. The fraction of sp³-hybridized carbons (Fsp3) is 0.357. The Morgan fingerprint density at radius 1 is 1.17 bits per heavy atom. The van der Waals surface area contributed by atoms with Crippen LogP contribution in [0.1, 0.15) is 33.0 Å². The molecule has 0 spiro atoms. The maximum absolute atomic E-state index is 4.63. The van der Waals surface area contributed by atoms with E-state index in [0.717, 1.165) is 34.3 Å². The first kappa shape index (κ1) is 11.1. The van der Waals surface area contributed by atoms with Crippen molar-refractivity contribution >= 4 is 22.1 Å². The van der Waals surface area contributed by atoms with E-state index in [1.807, 2.05) is 24.3 Å². The molecule has 3 rings (SSSR count). The molecule has 1 N–H and O–H groups in total. The molecule has 2 aromatic heterocycles. The van der Waals surface area contributed by atoms with Crippen molar-refractivity contribution < 1.29 is 0 Å². The van der Waals surface area contributed by atoms with Crippen molar-refractivity contribution in [2.24, 2.45) is 0 Å². The van der Waals surface area contributed by atoms with Crippen molar-refractivity contribution in [3.05, 3.63) is 30.1 Å². The summed E-state index contributed by atoms with van der Waals surface area (Å²) in [6.07, 6.45) is 0.987. The molecule has 0 atom stereocenters. The molecule has 0 saturated heterocycles. The van der Waals surface area contributed by atoms with Gasteiger partial charge in [-0.25, -0.2) is 4.98 Å². The van der Waals surface area contributed by atoms with Crippen LogP contribution in [0.25, 0.3) is 22.1 Å². The van der Waals surface area contributed by atoms with Gasteiger partial charge in [-0.1, -0.05) is 39.0 Å². The van der Waals surface area contributed by atoms with E-state index < -0.39 is 0 Å². The number of nitrogens with zero attached hydrogens (tertiary/aromatic N) is 3.